The molecule has 3 nitrogen and oxygen atoms in total. The second-order valence-electron chi connectivity index (χ2n) is 3.85. The average molecular weight is 336 g/mol. The number of aromatic nitrogens is 1. The molecule has 0 bridgehead atoms. The van der Waals surface area contributed by atoms with Crippen LogP contribution in [0.5, 0.6) is 0 Å². The highest BCUT2D eigenvalue weighted by Gasteiger charge is 2.19. The summed E-state index contributed by atoms with van der Waals surface area (Å²) >= 11 is 11.1. The quantitative estimate of drug-likeness (QED) is 0.844. The predicted molar refractivity (Wildman–Crippen MR) is 74.8 cm³/mol. The van der Waals surface area contributed by atoms with E-state index in [2.05, 4.69) is 26.2 Å². The maximum atomic E-state index is 12.0. The lowest BCUT2D eigenvalue weighted by Gasteiger charge is -2.22. The van der Waals surface area contributed by atoms with Gasteiger partial charge >= 0.3 is 0 Å². The molecule has 0 atom stereocenters. The van der Waals surface area contributed by atoms with Gasteiger partial charge in [0.1, 0.15) is 5.15 Å². The summed E-state index contributed by atoms with van der Waals surface area (Å²) in [5.74, 6) is 2.07. The summed E-state index contributed by atoms with van der Waals surface area (Å²) in [6.45, 7) is 0. The summed E-state index contributed by atoms with van der Waals surface area (Å²) in [5, 5.41) is 3.25. The van der Waals surface area contributed by atoms with Gasteiger partial charge in [-0.15, -0.1) is 0 Å². The third kappa shape index (κ3) is 3.60. The molecular formula is C11H12BrClN2OS. The molecule has 1 aliphatic rings. The summed E-state index contributed by atoms with van der Waals surface area (Å²) in [6.07, 6.45) is 3.63. The van der Waals surface area contributed by atoms with Crippen LogP contribution in [0.1, 0.15) is 23.2 Å². The van der Waals surface area contributed by atoms with Crippen LogP contribution in [-0.4, -0.2) is 28.4 Å². The van der Waals surface area contributed by atoms with Gasteiger partial charge in [0.2, 0.25) is 0 Å². The zero-order valence-corrected chi connectivity index (χ0v) is 12.2. The van der Waals surface area contributed by atoms with Crippen molar-refractivity contribution in [3.05, 3.63) is 27.5 Å². The lowest BCUT2D eigenvalue weighted by Crippen LogP contribution is -2.37. The molecule has 0 aliphatic carbocycles. The molecule has 1 N–H and O–H groups in total. The largest absolute Gasteiger partial charge is 0.349 e. The number of hydrogen-bond donors (Lipinski definition) is 1. The second kappa shape index (κ2) is 6.07. The highest BCUT2D eigenvalue weighted by atomic mass is 79.9. The minimum absolute atomic E-state index is 0.138. The zero-order chi connectivity index (χ0) is 12.3. The Morgan fingerprint density at radius 1 is 1.53 bits per heavy atom. The highest BCUT2D eigenvalue weighted by molar-refractivity contribution is 9.10. The van der Waals surface area contributed by atoms with Crippen molar-refractivity contribution in [2.75, 3.05) is 11.5 Å². The van der Waals surface area contributed by atoms with Crippen LogP contribution < -0.4 is 5.32 Å². The molecule has 1 fully saturated rings. The van der Waals surface area contributed by atoms with Gasteiger partial charge in [0.15, 0.2) is 0 Å². The molecule has 1 amide bonds. The van der Waals surface area contributed by atoms with Gasteiger partial charge in [0.05, 0.1) is 5.56 Å². The van der Waals surface area contributed by atoms with Gasteiger partial charge < -0.3 is 5.32 Å². The van der Waals surface area contributed by atoms with Gasteiger partial charge in [-0.3, -0.25) is 4.79 Å². The average Bonchev–Trinajstić information content (AvgIpc) is 2.33. The van der Waals surface area contributed by atoms with E-state index in [-0.39, 0.29) is 17.1 Å². The summed E-state index contributed by atoms with van der Waals surface area (Å²) in [6, 6.07) is 1.96. The maximum absolute atomic E-state index is 12.0. The minimum Gasteiger partial charge on any atom is -0.349 e. The van der Waals surface area contributed by atoms with Crippen LogP contribution in [0.2, 0.25) is 5.15 Å². The van der Waals surface area contributed by atoms with Gasteiger partial charge in [0, 0.05) is 16.7 Å². The van der Waals surface area contributed by atoms with Crippen LogP contribution in [0.25, 0.3) is 0 Å². The molecule has 1 saturated heterocycles. The van der Waals surface area contributed by atoms with Crippen molar-refractivity contribution in [3.8, 4) is 0 Å². The van der Waals surface area contributed by atoms with E-state index in [1.807, 2.05) is 11.8 Å². The van der Waals surface area contributed by atoms with Crippen molar-refractivity contribution >= 4 is 45.2 Å². The molecule has 0 radical (unpaired) electrons. The lowest BCUT2D eigenvalue weighted by atomic mass is 10.1. The zero-order valence-electron chi connectivity index (χ0n) is 9.08. The first kappa shape index (κ1) is 13.2. The fraction of sp³-hybridized carbons (Fsp3) is 0.455. The van der Waals surface area contributed by atoms with Crippen molar-refractivity contribution in [2.45, 2.75) is 18.9 Å². The van der Waals surface area contributed by atoms with E-state index >= 15 is 0 Å². The first-order chi connectivity index (χ1) is 8.16. The Bertz CT molecular complexity index is 424. The second-order valence-corrected chi connectivity index (χ2v) is 6.35. The number of carbonyl (C=O) groups excluding carboxylic acids is 1. The number of pyridine rings is 1. The van der Waals surface area contributed by atoms with E-state index < -0.39 is 0 Å². The summed E-state index contributed by atoms with van der Waals surface area (Å²) in [7, 11) is 0. The third-order valence-electron chi connectivity index (χ3n) is 2.61. The Balaban J connectivity index is 2.05. The number of rotatable bonds is 2. The number of amides is 1. The molecule has 92 valence electrons. The molecule has 1 aromatic rings. The van der Waals surface area contributed by atoms with Crippen molar-refractivity contribution in [2.24, 2.45) is 0 Å². The molecule has 6 heteroatoms. The Morgan fingerprint density at radius 2 is 2.24 bits per heavy atom. The number of thioether (sulfide) groups is 1. The van der Waals surface area contributed by atoms with Crippen molar-refractivity contribution in [1.29, 1.82) is 0 Å². The molecule has 0 unspecified atom stereocenters. The molecule has 0 saturated carbocycles. The van der Waals surface area contributed by atoms with Crippen LogP contribution in [0.3, 0.4) is 0 Å². The van der Waals surface area contributed by atoms with Crippen LogP contribution >= 0.6 is 39.3 Å². The Hall–Kier alpha value is -0.260. The van der Waals surface area contributed by atoms with E-state index in [1.54, 1.807) is 12.3 Å². The fourth-order valence-electron chi connectivity index (χ4n) is 1.69. The molecule has 0 aromatic carbocycles. The SMILES string of the molecule is O=C(NC1CCSCC1)c1cc(Br)cnc1Cl. The molecular weight excluding hydrogens is 324 g/mol. The number of halogens is 2. The van der Waals surface area contributed by atoms with Crippen molar-refractivity contribution in [1.82, 2.24) is 10.3 Å². The van der Waals surface area contributed by atoms with E-state index in [9.17, 15) is 4.79 Å². The standard InChI is InChI=1S/C11H12BrClN2OS/c12-7-5-9(10(13)14-6-7)11(16)15-8-1-3-17-4-2-8/h5-6,8H,1-4H2,(H,15,16). The lowest BCUT2D eigenvalue weighted by molar-refractivity contribution is 0.0934. The Morgan fingerprint density at radius 3 is 2.94 bits per heavy atom. The molecule has 2 heterocycles. The molecule has 17 heavy (non-hydrogen) atoms. The van der Waals surface area contributed by atoms with Crippen LogP contribution in [-0.2, 0) is 0 Å². The van der Waals surface area contributed by atoms with Crippen molar-refractivity contribution < 1.29 is 4.79 Å². The highest BCUT2D eigenvalue weighted by Crippen LogP contribution is 2.20. The summed E-state index contributed by atoms with van der Waals surface area (Å²) in [4.78, 5) is 16.0. The maximum Gasteiger partial charge on any atom is 0.254 e. The minimum atomic E-state index is -0.138. The van der Waals surface area contributed by atoms with E-state index in [1.165, 1.54) is 0 Å². The van der Waals surface area contributed by atoms with E-state index in [0.717, 1.165) is 28.8 Å². The number of carbonyl (C=O) groups is 1. The third-order valence-corrected chi connectivity index (χ3v) is 4.39. The normalized spacial score (nSPS) is 16.8. The number of nitrogens with zero attached hydrogens (tertiary/aromatic N) is 1. The van der Waals surface area contributed by atoms with Gasteiger partial charge in [-0.1, -0.05) is 11.6 Å². The summed E-state index contributed by atoms with van der Waals surface area (Å²) < 4.78 is 0.756. The predicted octanol–water partition coefficient (Wildman–Crippen LogP) is 3.12. The molecule has 0 spiro atoms. The first-order valence-corrected chi connectivity index (χ1v) is 7.69. The van der Waals surface area contributed by atoms with Gasteiger partial charge in [-0.2, -0.15) is 11.8 Å². The van der Waals surface area contributed by atoms with E-state index in [0.29, 0.717) is 5.56 Å². The first-order valence-electron chi connectivity index (χ1n) is 5.36. The van der Waals surface area contributed by atoms with Crippen molar-refractivity contribution in [3.63, 3.8) is 0 Å². The monoisotopic (exact) mass is 334 g/mol. The summed E-state index contributed by atoms with van der Waals surface area (Å²) in [5.41, 5.74) is 0.430. The number of nitrogens with one attached hydrogen (secondary N) is 1. The van der Waals surface area contributed by atoms with Gasteiger partial charge in [-0.25, -0.2) is 4.98 Å². The molecule has 1 aromatic heterocycles. The smallest absolute Gasteiger partial charge is 0.254 e. The molecule has 1 aliphatic heterocycles. The topological polar surface area (TPSA) is 42.0 Å². The van der Waals surface area contributed by atoms with Gasteiger partial charge in [0.25, 0.3) is 5.91 Å². The van der Waals surface area contributed by atoms with Gasteiger partial charge in [-0.05, 0) is 46.3 Å². The van der Waals surface area contributed by atoms with Crippen LogP contribution in [0.15, 0.2) is 16.7 Å². The Kier molecular flexibility index (Phi) is 4.70. The number of hydrogen-bond acceptors (Lipinski definition) is 3. The van der Waals surface area contributed by atoms with E-state index in [4.69, 9.17) is 11.6 Å². The fourth-order valence-corrected chi connectivity index (χ4v) is 3.31. The molecule has 2 rings (SSSR count). The van der Waals surface area contributed by atoms with Crippen LogP contribution in [0.4, 0.5) is 0 Å². The Labute approximate surface area is 118 Å². The van der Waals surface area contributed by atoms with Crippen LogP contribution in [0, 0.1) is 0 Å².